The summed E-state index contributed by atoms with van der Waals surface area (Å²) in [4.78, 5) is 13.4. The summed E-state index contributed by atoms with van der Waals surface area (Å²) < 4.78 is 28.3. The van der Waals surface area contributed by atoms with E-state index in [0.717, 1.165) is 12.0 Å². The molecule has 0 aliphatic carbocycles. The molecule has 0 bridgehead atoms. The first-order valence-electron chi connectivity index (χ1n) is 6.45. The maximum absolute atomic E-state index is 12.0. The van der Waals surface area contributed by atoms with E-state index in [-0.39, 0.29) is 17.7 Å². The average Bonchev–Trinajstić information content (AvgIpc) is 2.40. The van der Waals surface area contributed by atoms with Gasteiger partial charge in [0.05, 0.1) is 0 Å². The van der Waals surface area contributed by atoms with Gasteiger partial charge in [0, 0.05) is 26.1 Å². The number of nitrogens with zero attached hydrogens (tertiary/aromatic N) is 1. The smallest absolute Gasteiger partial charge is 0.387 e. The van der Waals surface area contributed by atoms with E-state index in [1.54, 1.807) is 24.1 Å². The number of hydrogen-bond donors (Lipinski definition) is 1. The standard InChI is InChI=1S/C14H20F2N2O2/c1-3-11(17)8-13(19)18(2)9-10-4-6-12(7-5-10)20-14(15)16/h4-7,11,14H,3,8-9,17H2,1-2H3. The highest BCUT2D eigenvalue weighted by Crippen LogP contribution is 2.16. The fraction of sp³-hybridized carbons (Fsp3) is 0.500. The number of benzene rings is 1. The van der Waals surface area contributed by atoms with Crippen LogP contribution in [0.25, 0.3) is 0 Å². The Hall–Kier alpha value is -1.69. The molecule has 0 saturated heterocycles. The van der Waals surface area contributed by atoms with Gasteiger partial charge in [-0.05, 0) is 24.1 Å². The predicted octanol–water partition coefficient (Wildman–Crippen LogP) is 2.37. The Morgan fingerprint density at radius 3 is 2.45 bits per heavy atom. The van der Waals surface area contributed by atoms with Crippen molar-refractivity contribution in [3.63, 3.8) is 0 Å². The molecule has 1 amide bonds. The molecule has 4 nitrogen and oxygen atoms in total. The van der Waals surface area contributed by atoms with Crippen LogP contribution in [0.1, 0.15) is 25.3 Å². The van der Waals surface area contributed by atoms with Crippen molar-refractivity contribution in [2.24, 2.45) is 5.73 Å². The average molecular weight is 286 g/mol. The van der Waals surface area contributed by atoms with Crippen LogP contribution < -0.4 is 10.5 Å². The molecule has 1 aromatic rings. The van der Waals surface area contributed by atoms with Crippen LogP contribution in [0.15, 0.2) is 24.3 Å². The van der Waals surface area contributed by atoms with Crippen molar-refractivity contribution in [3.8, 4) is 5.75 Å². The highest BCUT2D eigenvalue weighted by molar-refractivity contribution is 5.76. The molecule has 1 aromatic carbocycles. The third-order valence-corrected chi connectivity index (χ3v) is 2.96. The van der Waals surface area contributed by atoms with Crippen molar-refractivity contribution < 1.29 is 18.3 Å². The fourth-order valence-corrected chi connectivity index (χ4v) is 1.66. The lowest BCUT2D eigenvalue weighted by Gasteiger charge is -2.19. The minimum Gasteiger partial charge on any atom is -0.435 e. The minimum absolute atomic E-state index is 0.0349. The van der Waals surface area contributed by atoms with Gasteiger partial charge >= 0.3 is 6.61 Å². The molecule has 1 unspecified atom stereocenters. The molecule has 0 radical (unpaired) electrons. The van der Waals surface area contributed by atoms with Crippen LogP contribution in [0, 0.1) is 0 Å². The van der Waals surface area contributed by atoms with E-state index in [1.807, 2.05) is 6.92 Å². The molecule has 2 N–H and O–H groups in total. The Bertz CT molecular complexity index is 424. The fourth-order valence-electron chi connectivity index (χ4n) is 1.66. The Kier molecular flexibility index (Phi) is 6.38. The summed E-state index contributed by atoms with van der Waals surface area (Å²) in [5.74, 6) is 0.0676. The highest BCUT2D eigenvalue weighted by atomic mass is 19.3. The second-order valence-corrected chi connectivity index (χ2v) is 4.64. The van der Waals surface area contributed by atoms with Gasteiger partial charge in [-0.25, -0.2) is 0 Å². The van der Waals surface area contributed by atoms with E-state index < -0.39 is 6.61 Å². The van der Waals surface area contributed by atoms with Crippen LogP contribution in [-0.4, -0.2) is 30.5 Å². The quantitative estimate of drug-likeness (QED) is 0.837. The van der Waals surface area contributed by atoms with Gasteiger partial charge in [-0.2, -0.15) is 8.78 Å². The molecule has 6 heteroatoms. The van der Waals surface area contributed by atoms with Gasteiger partial charge in [0.15, 0.2) is 0 Å². The summed E-state index contributed by atoms with van der Waals surface area (Å²) in [6, 6.07) is 6.09. The van der Waals surface area contributed by atoms with Crippen LogP contribution in [-0.2, 0) is 11.3 Å². The van der Waals surface area contributed by atoms with Crippen LogP contribution in [0.3, 0.4) is 0 Å². The first-order chi connectivity index (χ1) is 9.42. The summed E-state index contributed by atoms with van der Waals surface area (Å²) in [7, 11) is 1.69. The van der Waals surface area contributed by atoms with Gasteiger partial charge < -0.3 is 15.4 Å². The first-order valence-corrected chi connectivity index (χ1v) is 6.45. The maximum Gasteiger partial charge on any atom is 0.387 e. The van der Waals surface area contributed by atoms with Gasteiger partial charge in [0.2, 0.25) is 5.91 Å². The summed E-state index contributed by atoms with van der Waals surface area (Å²) in [6.07, 6.45) is 1.05. The Balaban J connectivity index is 2.53. The molecule has 1 rings (SSSR count). The summed E-state index contributed by atoms with van der Waals surface area (Å²) in [5.41, 5.74) is 6.58. The Morgan fingerprint density at radius 2 is 1.95 bits per heavy atom. The molecule has 0 aliphatic heterocycles. The van der Waals surface area contributed by atoms with E-state index >= 15 is 0 Å². The number of halogens is 2. The topological polar surface area (TPSA) is 55.6 Å². The number of alkyl halides is 2. The third-order valence-electron chi connectivity index (χ3n) is 2.96. The predicted molar refractivity (Wildman–Crippen MR) is 72.4 cm³/mol. The van der Waals surface area contributed by atoms with Gasteiger partial charge in [0.25, 0.3) is 0 Å². The van der Waals surface area contributed by atoms with Crippen molar-refractivity contribution in [1.82, 2.24) is 4.90 Å². The monoisotopic (exact) mass is 286 g/mol. The molecular formula is C14H20F2N2O2. The van der Waals surface area contributed by atoms with Crippen molar-refractivity contribution in [2.75, 3.05) is 7.05 Å². The SMILES string of the molecule is CCC(N)CC(=O)N(C)Cc1ccc(OC(F)F)cc1. The molecule has 20 heavy (non-hydrogen) atoms. The maximum atomic E-state index is 12.0. The van der Waals surface area contributed by atoms with Gasteiger partial charge in [-0.1, -0.05) is 19.1 Å². The molecule has 0 aromatic heterocycles. The van der Waals surface area contributed by atoms with Gasteiger partial charge in [-0.3, -0.25) is 4.79 Å². The van der Waals surface area contributed by atoms with Crippen LogP contribution >= 0.6 is 0 Å². The normalized spacial score (nSPS) is 12.3. The summed E-state index contributed by atoms with van der Waals surface area (Å²) >= 11 is 0. The molecule has 0 saturated carbocycles. The van der Waals surface area contributed by atoms with Crippen molar-refractivity contribution in [3.05, 3.63) is 29.8 Å². The van der Waals surface area contributed by atoms with Gasteiger partial charge in [-0.15, -0.1) is 0 Å². The van der Waals surface area contributed by atoms with E-state index in [1.165, 1.54) is 12.1 Å². The summed E-state index contributed by atoms with van der Waals surface area (Å²) in [5, 5.41) is 0. The number of amides is 1. The molecule has 0 fully saturated rings. The van der Waals surface area contributed by atoms with E-state index in [0.29, 0.717) is 13.0 Å². The lowest BCUT2D eigenvalue weighted by Crippen LogP contribution is -2.32. The second-order valence-electron chi connectivity index (χ2n) is 4.64. The zero-order chi connectivity index (χ0) is 15.1. The summed E-state index contributed by atoms with van der Waals surface area (Å²) in [6.45, 7) is -0.496. The third kappa shape index (κ3) is 5.52. The first kappa shape index (κ1) is 16.4. The molecule has 0 aliphatic rings. The van der Waals surface area contributed by atoms with Crippen LogP contribution in [0.5, 0.6) is 5.75 Å². The van der Waals surface area contributed by atoms with Crippen LogP contribution in [0.2, 0.25) is 0 Å². The minimum atomic E-state index is -2.83. The van der Waals surface area contributed by atoms with E-state index in [2.05, 4.69) is 4.74 Å². The van der Waals surface area contributed by atoms with Crippen LogP contribution in [0.4, 0.5) is 8.78 Å². The molecule has 112 valence electrons. The molecule has 1 atom stereocenters. The number of carbonyl (C=O) groups excluding carboxylic acids is 1. The zero-order valence-corrected chi connectivity index (χ0v) is 11.7. The van der Waals surface area contributed by atoms with E-state index in [4.69, 9.17) is 5.73 Å². The highest BCUT2D eigenvalue weighted by Gasteiger charge is 2.13. The molecule has 0 spiro atoms. The molecular weight excluding hydrogens is 266 g/mol. The number of ether oxygens (including phenoxy) is 1. The van der Waals surface area contributed by atoms with Gasteiger partial charge in [0.1, 0.15) is 5.75 Å². The second kappa shape index (κ2) is 7.79. The molecule has 0 heterocycles. The Labute approximate surface area is 117 Å². The number of rotatable bonds is 7. The Morgan fingerprint density at radius 1 is 1.35 bits per heavy atom. The zero-order valence-electron chi connectivity index (χ0n) is 11.7. The lowest BCUT2D eigenvalue weighted by molar-refractivity contribution is -0.130. The number of hydrogen-bond acceptors (Lipinski definition) is 3. The van der Waals surface area contributed by atoms with Crippen molar-refractivity contribution in [1.29, 1.82) is 0 Å². The lowest BCUT2D eigenvalue weighted by atomic mass is 10.1. The number of nitrogens with two attached hydrogens (primary N) is 1. The van der Waals surface area contributed by atoms with E-state index in [9.17, 15) is 13.6 Å². The largest absolute Gasteiger partial charge is 0.435 e. The number of carbonyl (C=O) groups is 1. The van der Waals surface area contributed by atoms with Crippen molar-refractivity contribution >= 4 is 5.91 Å². The van der Waals surface area contributed by atoms with Crippen molar-refractivity contribution in [2.45, 2.75) is 39.0 Å².